The summed E-state index contributed by atoms with van der Waals surface area (Å²) in [5.41, 5.74) is 2.30. The Morgan fingerprint density at radius 1 is 1.13 bits per heavy atom. The minimum absolute atomic E-state index is 0.0282. The average molecular weight is 537 g/mol. The Morgan fingerprint density at radius 2 is 1.89 bits per heavy atom. The van der Waals surface area contributed by atoms with Crippen LogP contribution in [0.4, 0.5) is 10.6 Å². The Morgan fingerprint density at radius 3 is 2.63 bits per heavy atom. The van der Waals surface area contributed by atoms with Crippen LogP contribution in [-0.2, 0) is 22.6 Å². The van der Waals surface area contributed by atoms with Crippen molar-refractivity contribution in [2.75, 3.05) is 33.5 Å². The van der Waals surface area contributed by atoms with Gasteiger partial charge in [0.1, 0.15) is 5.82 Å². The molecule has 0 radical (unpaired) electrons. The molecule has 5 rings (SSSR count). The van der Waals surface area contributed by atoms with Gasteiger partial charge in [0.05, 0.1) is 6.54 Å². The summed E-state index contributed by atoms with van der Waals surface area (Å²) >= 11 is 6.30. The molecule has 1 fully saturated rings. The second-order valence-corrected chi connectivity index (χ2v) is 10.1. The fraction of sp³-hybridized carbons (Fsp3) is 0.346. The van der Waals surface area contributed by atoms with Gasteiger partial charge in [0.2, 0.25) is 11.9 Å². The maximum atomic E-state index is 13.6. The summed E-state index contributed by atoms with van der Waals surface area (Å²) in [6, 6.07) is 11.8. The zero-order valence-electron chi connectivity index (χ0n) is 21.6. The molecule has 4 amide bonds. The van der Waals surface area contributed by atoms with Crippen molar-refractivity contribution in [3.05, 3.63) is 58.9 Å². The number of H-pyrrole nitrogens is 1. The molecule has 0 spiro atoms. The Kier molecular flexibility index (Phi) is 6.70. The van der Waals surface area contributed by atoms with Gasteiger partial charge in [0.15, 0.2) is 12.2 Å². The van der Waals surface area contributed by atoms with Crippen LogP contribution in [0.2, 0.25) is 5.02 Å². The molecular weight excluding hydrogens is 508 g/mol. The number of rotatable bonds is 6. The number of imide groups is 1. The van der Waals surface area contributed by atoms with Crippen LogP contribution in [0.15, 0.2) is 47.5 Å². The fourth-order valence-electron chi connectivity index (χ4n) is 4.73. The highest BCUT2D eigenvalue weighted by Crippen LogP contribution is 2.29. The second kappa shape index (κ2) is 9.97. The number of aliphatic imine (C=N–C) groups is 1. The number of nitrogens with zero attached hydrogens (tertiary/aromatic N) is 6. The van der Waals surface area contributed by atoms with Crippen LogP contribution < -0.4 is 5.32 Å². The standard InChI is InChI=1S/C26H29ClN8O3/c1-32(2)21(36)12-11-15-7-5-10-20(29-15)30-25-31-23-22(33(25)3)24(37)35(26(38)34(23)4)14-16-13-17-18(27)8-6-9-19(17)28-16/h5-10,13,22-23,28H,11-12,14H2,1-4H3,(H,29,30,31). The first-order chi connectivity index (χ1) is 18.1. The molecule has 0 bridgehead atoms. The van der Waals surface area contributed by atoms with E-state index in [1.807, 2.05) is 30.3 Å². The van der Waals surface area contributed by atoms with E-state index >= 15 is 0 Å². The minimum Gasteiger partial charge on any atom is -0.357 e. The normalized spacial score (nSPS) is 19.2. The molecule has 2 aliphatic rings. The van der Waals surface area contributed by atoms with Crippen LogP contribution >= 0.6 is 11.6 Å². The summed E-state index contributed by atoms with van der Waals surface area (Å²) in [6.45, 7) is 0.0854. The third-order valence-corrected chi connectivity index (χ3v) is 7.20. The number of urea groups is 1. The molecule has 4 heterocycles. The summed E-state index contributed by atoms with van der Waals surface area (Å²) in [4.78, 5) is 57.2. The first kappa shape index (κ1) is 25.5. The van der Waals surface area contributed by atoms with Gasteiger partial charge in [0, 0.05) is 61.9 Å². The number of pyridine rings is 1. The lowest BCUT2D eigenvalue weighted by molar-refractivity contribution is -0.137. The number of fused-ring (bicyclic) bond motifs is 2. The highest BCUT2D eigenvalue weighted by molar-refractivity contribution is 6.35. The molecule has 2 unspecified atom stereocenters. The van der Waals surface area contributed by atoms with Crippen LogP contribution in [-0.4, -0.2) is 93.8 Å². The fourth-order valence-corrected chi connectivity index (χ4v) is 4.96. The van der Waals surface area contributed by atoms with Crippen molar-refractivity contribution in [2.24, 2.45) is 4.99 Å². The number of likely N-dealkylation sites (N-methyl/N-ethyl adjacent to an activating group) is 2. The third-order valence-electron chi connectivity index (χ3n) is 6.87. The van der Waals surface area contributed by atoms with Crippen molar-refractivity contribution in [3.8, 4) is 0 Å². The highest BCUT2D eigenvalue weighted by Gasteiger charge is 2.51. The molecule has 12 heteroatoms. The third kappa shape index (κ3) is 4.65. The van der Waals surface area contributed by atoms with E-state index in [-0.39, 0.29) is 18.4 Å². The van der Waals surface area contributed by atoms with E-state index in [9.17, 15) is 14.4 Å². The van der Waals surface area contributed by atoms with Gasteiger partial charge in [-0.2, -0.15) is 0 Å². The molecule has 0 aliphatic carbocycles. The van der Waals surface area contributed by atoms with E-state index in [2.05, 4.69) is 20.3 Å². The van der Waals surface area contributed by atoms with Crippen LogP contribution in [0.1, 0.15) is 17.8 Å². The predicted molar refractivity (Wildman–Crippen MR) is 145 cm³/mol. The Hall–Kier alpha value is -4.12. The number of nitrogens with one attached hydrogen (secondary N) is 2. The summed E-state index contributed by atoms with van der Waals surface area (Å²) in [7, 11) is 6.85. The molecule has 198 valence electrons. The number of aromatic nitrogens is 2. The molecule has 0 saturated carbocycles. The summed E-state index contributed by atoms with van der Waals surface area (Å²) < 4.78 is 0. The molecule has 2 aliphatic heterocycles. The monoisotopic (exact) mass is 536 g/mol. The van der Waals surface area contributed by atoms with Gasteiger partial charge in [-0.15, -0.1) is 0 Å². The van der Waals surface area contributed by atoms with Crippen molar-refractivity contribution in [1.82, 2.24) is 29.6 Å². The molecular formula is C26H29ClN8O3. The molecule has 1 saturated heterocycles. The number of aryl methyl sites for hydroxylation is 1. The van der Waals surface area contributed by atoms with Gasteiger partial charge < -0.3 is 25.0 Å². The lowest BCUT2D eigenvalue weighted by atomic mass is 10.1. The highest BCUT2D eigenvalue weighted by atomic mass is 35.5. The zero-order chi connectivity index (χ0) is 27.1. The second-order valence-electron chi connectivity index (χ2n) is 9.66. The van der Waals surface area contributed by atoms with Crippen molar-refractivity contribution in [3.63, 3.8) is 0 Å². The number of carbonyl (C=O) groups is 3. The number of guanidine groups is 1. The predicted octanol–water partition coefficient (Wildman–Crippen LogP) is 2.74. The number of halogens is 1. The Labute approximate surface area is 225 Å². The number of carbonyl (C=O) groups excluding carboxylic acids is 3. The summed E-state index contributed by atoms with van der Waals surface area (Å²) in [6.07, 6.45) is 0.190. The van der Waals surface area contributed by atoms with Gasteiger partial charge >= 0.3 is 6.03 Å². The van der Waals surface area contributed by atoms with Crippen LogP contribution in [0.5, 0.6) is 0 Å². The number of anilines is 1. The molecule has 11 nitrogen and oxygen atoms in total. The van der Waals surface area contributed by atoms with Crippen molar-refractivity contribution in [1.29, 1.82) is 0 Å². The van der Waals surface area contributed by atoms with E-state index < -0.39 is 18.2 Å². The van der Waals surface area contributed by atoms with Gasteiger partial charge in [0.25, 0.3) is 5.91 Å². The average Bonchev–Trinajstić information content (AvgIpc) is 3.45. The van der Waals surface area contributed by atoms with E-state index in [0.717, 1.165) is 16.6 Å². The molecule has 2 atom stereocenters. The molecule has 38 heavy (non-hydrogen) atoms. The van der Waals surface area contributed by atoms with Gasteiger partial charge in [-0.1, -0.05) is 23.7 Å². The Balaban J connectivity index is 1.31. The largest absolute Gasteiger partial charge is 0.357 e. The maximum absolute atomic E-state index is 13.6. The number of aromatic amines is 1. The molecule has 1 aromatic carbocycles. The smallest absolute Gasteiger partial charge is 0.328 e. The Bertz CT molecular complexity index is 1450. The van der Waals surface area contributed by atoms with E-state index in [1.54, 1.807) is 50.1 Å². The first-order valence-corrected chi connectivity index (χ1v) is 12.6. The van der Waals surface area contributed by atoms with Crippen molar-refractivity contribution < 1.29 is 14.4 Å². The topological polar surface area (TPSA) is 117 Å². The molecule has 2 aromatic heterocycles. The summed E-state index contributed by atoms with van der Waals surface area (Å²) in [5.74, 6) is 0.661. The first-order valence-electron chi connectivity index (χ1n) is 12.2. The van der Waals surface area contributed by atoms with Crippen molar-refractivity contribution >= 4 is 52.1 Å². The SMILES string of the molecule is CN(C)C(=O)CCc1cccc(NC2=NC3C(C(=O)N(Cc4cc5c(Cl)cccc5[nH]4)C(=O)N3C)N2C)n1. The number of benzene rings is 1. The van der Waals surface area contributed by atoms with E-state index in [0.29, 0.717) is 35.3 Å². The quantitative estimate of drug-likeness (QED) is 0.500. The minimum atomic E-state index is -0.686. The number of amides is 4. The van der Waals surface area contributed by atoms with Crippen LogP contribution in [0, 0.1) is 0 Å². The molecule has 3 aromatic rings. The van der Waals surface area contributed by atoms with Crippen molar-refractivity contribution in [2.45, 2.75) is 31.6 Å². The van der Waals surface area contributed by atoms with Gasteiger partial charge in [-0.25, -0.2) is 14.8 Å². The lowest BCUT2D eigenvalue weighted by Crippen LogP contribution is -2.64. The summed E-state index contributed by atoms with van der Waals surface area (Å²) in [5, 5.41) is 4.61. The molecule has 2 N–H and O–H groups in total. The van der Waals surface area contributed by atoms with E-state index in [4.69, 9.17) is 11.6 Å². The van der Waals surface area contributed by atoms with Crippen LogP contribution in [0.25, 0.3) is 10.9 Å². The number of hydrogen-bond acceptors (Lipinski definition) is 7. The van der Waals surface area contributed by atoms with Crippen LogP contribution in [0.3, 0.4) is 0 Å². The lowest BCUT2D eigenvalue weighted by Gasteiger charge is -2.40. The number of hydrogen-bond donors (Lipinski definition) is 2. The maximum Gasteiger partial charge on any atom is 0.328 e. The van der Waals surface area contributed by atoms with Gasteiger partial charge in [-0.3, -0.25) is 14.5 Å². The van der Waals surface area contributed by atoms with E-state index in [1.165, 1.54) is 9.80 Å². The zero-order valence-corrected chi connectivity index (χ0v) is 22.4. The van der Waals surface area contributed by atoms with Gasteiger partial charge in [-0.05, 0) is 36.8 Å².